The highest BCUT2D eigenvalue weighted by molar-refractivity contribution is 5.98. The molecule has 1 atom stereocenters. The Morgan fingerprint density at radius 2 is 1.79 bits per heavy atom. The quantitative estimate of drug-likeness (QED) is 0.606. The Morgan fingerprint density at radius 3 is 2.52 bits per heavy atom. The summed E-state index contributed by atoms with van der Waals surface area (Å²) in [5, 5.41) is 2.76. The molecule has 0 bridgehead atoms. The van der Waals surface area contributed by atoms with Crippen LogP contribution in [0.15, 0.2) is 54.7 Å². The standard InChI is InChI=1S/C21H15F4N3O/c22-15-6-4-12(5-7-15)13-8-18-17(19(29)9-13)11-26-20(28-18)27-16-3-1-2-14(10-16)21(23,24)25/h1-7,10-11,13H,8-9H2,(H,26,27,28)/t13-/m1/s1. The number of nitrogens with one attached hydrogen (secondary N) is 1. The van der Waals surface area contributed by atoms with Crippen LogP contribution in [0.5, 0.6) is 0 Å². The average Bonchev–Trinajstić information content (AvgIpc) is 2.68. The van der Waals surface area contributed by atoms with Crippen molar-refractivity contribution in [1.29, 1.82) is 0 Å². The van der Waals surface area contributed by atoms with E-state index in [1.54, 1.807) is 12.1 Å². The maximum Gasteiger partial charge on any atom is 0.416 e. The second kappa shape index (κ2) is 7.27. The molecule has 1 aliphatic rings. The number of nitrogens with zero attached hydrogens (tertiary/aromatic N) is 2. The number of anilines is 2. The summed E-state index contributed by atoms with van der Waals surface area (Å²) in [4.78, 5) is 20.9. The monoisotopic (exact) mass is 401 g/mol. The van der Waals surface area contributed by atoms with Crippen LogP contribution in [0.4, 0.5) is 29.2 Å². The van der Waals surface area contributed by atoms with Crippen molar-refractivity contribution in [1.82, 2.24) is 9.97 Å². The van der Waals surface area contributed by atoms with Crippen molar-refractivity contribution in [2.45, 2.75) is 24.9 Å². The van der Waals surface area contributed by atoms with Crippen molar-refractivity contribution < 1.29 is 22.4 Å². The molecule has 1 aromatic heterocycles. The molecule has 0 fully saturated rings. The lowest BCUT2D eigenvalue weighted by Crippen LogP contribution is -2.21. The smallest absolute Gasteiger partial charge is 0.324 e. The molecule has 0 spiro atoms. The van der Waals surface area contributed by atoms with Gasteiger partial charge in [-0.3, -0.25) is 4.79 Å². The van der Waals surface area contributed by atoms with Crippen LogP contribution < -0.4 is 5.32 Å². The van der Waals surface area contributed by atoms with Crippen molar-refractivity contribution in [3.63, 3.8) is 0 Å². The minimum Gasteiger partial charge on any atom is -0.324 e. The third kappa shape index (κ3) is 4.11. The molecule has 4 nitrogen and oxygen atoms in total. The van der Waals surface area contributed by atoms with Crippen LogP contribution in [0.3, 0.4) is 0 Å². The molecule has 1 heterocycles. The van der Waals surface area contributed by atoms with Crippen LogP contribution >= 0.6 is 0 Å². The van der Waals surface area contributed by atoms with E-state index < -0.39 is 11.7 Å². The van der Waals surface area contributed by atoms with Gasteiger partial charge in [-0.05, 0) is 48.2 Å². The SMILES string of the molecule is O=C1C[C@H](c2ccc(F)cc2)Cc2nc(Nc3cccc(C(F)(F)F)c3)ncc21. The Hall–Kier alpha value is -3.29. The summed E-state index contributed by atoms with van der Waals surface area (Å²) in [6.45, 7) is 0. The molecular weight excluding hydrogens is 386 g/mol. The molecule has 4 rings (SSSR count). The van der Waals surface area contributed by atoms with Gasteiger partial charge in [-0.2, -0.15) is 13.2 Å². The summed E-state index contributed by atoms with van der Waals surface area (Å²) in [6, 6.07) is 10.7. The maximum absolute atomic E-state index is 13.2. The van der Waals surface area contributed by atoms with Crippen molar-refractivity contribution in [3.05, 3.63) is 82.9 Å². The number of aromatic nitrogens is 2. The van der Waals surface area contributed by atoms with E-state index in [-0.39, 0.29) is 35.6 Å². The fraction of sp³-hybridized carbons (Fsp3) is 0.190. The van der Waals surface area contributed by atoms with Crippen LogP contribution in [-0.2, 0) is 12.6 Å². The highest BCUT2D eigenvalue weighted by atomic mass is 19.4. The van der Waals surface area contributed by atoms with Gasteiger partial charge in [0.2, 0.25) is 5.95 Å². The first-order valence-electron chi connectivity index (χ1n) is 8.88. The van der Waals surface area contributed by atoms with Crippen LogP contribution in [0.2, 0.25) is 0 Å². The number of alkyl halides is 3. The van der Waals surface area contributed by atoms with Gasteiger partial charge in [-0.1, -0.05) is 18.2 Å². The van der Waals surface area contributed by atoms with Gasteiger partial charge in [0.25, 0.3) is 0 Å². The average molecular weight is 401 g/mol. The number of carbonyl (C=O) groups excluding carboxylic acids is 1. The van der Waals surface area contributed by atoms with E-state index in [0.29, 0.717) is 17.7 Å². The predicted molar refractivity (Wildman–Crippen MR) is 98.6 cm³/mol. The molecule has 2 aromatic carbocycles. The molecule has 148 valence electrons. The van der Waals surface area contributed by atoms with Crippen molar-refractivity contribution >= 4 is 17.4 Å². The van der Waals surface area contributed by atoms with Crippen LogP contribution in [0.25, 0.3) is 0 Å². The number of rotatable bonds is 3. The predicted octanol–water partition coefficient (Wildman–Crippen LogP) is 5.29. The summed E-state index contributed by atoms with van der Waals surface area (Å²) in [7, 11) is 0. The molecule has 0 amide bonds. The lowest BCUT2D eigenvalue weighted by Gasteiger charge is -2.23. The summed E-state index contributed by atoms with van der Waals surface area (Å²) in [5.74, 6) is -0.514. The number of Topliss-reactive ketones (excluding diaryl/α,β-unsaturated/α-hetero) is 1. The first-order valence-corrected chi connectivity index (χ1v) is 8.88. The molecule has 0 saturated heterocycles. The second-order valence-electron chi connectivity index (χ2n) is 6.84. The van der Waals surface area contributed by atoms with Crippen LogP contribution in [0.1, 0.15) is 39.5 Å². The Bertz CT molecular complexity index is 1060. The van der Waals surface area contributed by atoms with Crippen molar-refractivity contribution in [2.24, 2.45) is 0 Å². The van der Waals surface area contributed by atoms with E-state index in [1.165, 1.54) is 30.5 Å². The molecule has 1 N–H and O–H groups in total. The zero-order valence-electron chi connectivity index (χ0n) is 15.0. The molecule has 0 unspecified atom stereocenters. The maximum atomic E-state index is 13.2. The van der Waals surface area contributed by atoms with E-state index in [9.17, 15) is 22.4 Å². The normalized spacial score (nSPS) is 16.4. The topological polar surface area (TPSA) is 54.9 Å². The highest BCUT2D eigenvalue weighted by Gasteiger charge is 2.31. The van der Waals surface area contributed by atoms with Gasteiger partial charge in [-0.15, -0.1) is 0 Å². The number of hydrogen-bond acceptors (Lipinski definition) is 4. The minimum absolute atomic E-state index is 0.107. The summed E-state index contributed by atoms with van der Waals surface area (Å²) >= 11 is 0. The van der Waals surface area contributed by atoms with Crippen molar-refractivity contribution in [2.75, 3.05) is 5.32 Å². The first kappa shape index (κ1) is 19.0. The van der Waals surface area contributed by atoms with Gasteiger partial charge in [-0.25, -0.2) is 14.4 Å². The van der Waals surface area contributed by atoms with Gasteiger partial charge < -0.3 is 5.32 Å². The van der Waals surface area contributed by atoms with E-state index in [4.69, 9.17) is 0 Å². The number of halogens is 4. The fourth-order valence-electron chi connectivity index (χ4n) is 3.38. The van der Waals surface area contributed by atoms with Gasteiger partial charge in [0.15, 0.2) is 5.78 Å². The lowest BCUT2D eigenvalue weighted by atomic mass is 9.82. The fourth-order valence-corrected chi connectivity index (χ4v) is 3.38. The number of fused-ring (bicyclic) bond motifs is 1. The number of ketones is 1. The molecule has 0 aliphatic heterocycles. The van der Waals surface area contributed by atoms with E-state index in [2.05, 4.69) is 15.3 Å². The number of benzene rings is 2. The third-order valence-electron chi connectivity index (χ3n) is 4.83. The summed E-state index contributed by atoms with van der Waals surface area (Å²) in [6.07, 6.45) is -2.35. The Morgan fingerprint density at radius 1 is 1.03 bits per heavy atom. The molecule has 3 aromatic rings. The number of carbonyl (C=O) groups is 1. The van der Waals surface area contributed by atoms with E-state index >= 15 is 0 Å². The zero-order chi connectivity index (χ0) is 20.6. The van der Waals surface area contributed by atoms with Gasteiger partial charge in [0.1, 0.15) is 5.82 Å². The van der Waals surface area contributed by atoms with Crippen LogP contribution in [-0.4, -0.2) is 15.8 Å². The van der Waals surface area contributed by atoms with Gasteiger partial charge >= 0.3 is 6.18 Å². The molecule has 1 aliphatic carbocycles. The van der Waals surface area contributed by atoms with Gasteiger partial charge in [0.05, 0.1) is 16.8 Å². The highest BCUT2D eigenvalue weighted by Crippen LogP contribution is 2.33. The van der Waals surface area contributed by atoms with Crippen molar-refractivity contribution in [3.8, 4) is 0 Å². The van der Waals surface area contributed by atoms with E-state index in [1.807, 2.05) is 0 Å². The first-order chi connectivity index (χ1) is 13.8. The largest absolute Gasteiger partial charge is 0.416 e. The van der Waals surface area contributed by atoms with E-state index in [0.717, 1.165) is 17.7 Å². The third-order valence-corrected chi connectivity index (χ3v) is 4.83. The molecule has 8 heteroatoms. The summed E-state index contributed by atoms with van der Waals surface area (Å²) < 4.78 is 51.8. The molecule has 0 saturated carbocycles. The molecule has 0 radical (unpaired) electrons. The van der Waals surface area contributed by atoms with Gasteiger partial charge in [0, 0.05) is 18.3 Å². The van der Waals surface area contributed by atoms with Crippen LogP contribution in [0, 0.1) is 5.82 Å². The Labute approximate surface area is 163 Å². The molecular formula is C21H15F4N3O. The minimum atomic E-state index is -4.46. The Balaban J connectivity index is 1.59. The lowest BCUT2D eigenvalue weighted by molar-refractivity contribution is -0.137. The molecule has 29 heavy (non-hydrogen) atoms. The second-order valence-corrected chi connectivity index (χ2v) is 6.84. The Kier molecular flexibility index (Phi) is 4.77. The number of hydrogen-bond donors (Lipinski definition) is 1. The summed E-state index contributed by atoms with van der Waals surface area (Å²) in [5.41, 5.74) is 1.15. The zero-order valence-corrected chi connectivity index (χ0v) is 15.0.